The van der Waals surface area contributed by atoms with Crippen LogP contribution in [0.15, 0.2) is 48.5 Å². The minimum Gasteiger partial charge on any atom is -0.507 e. The van der Waals surface area contributed by atoms with Crippen molar-refractivity contribution >= 4 is 11.9 Å². The van der Waals surface area contributed by atoms with Crippen molar-refractivity contribution < 1.29 is 24.2 Å². The van der Waals surface area contributed by atoms with Crippen LogP contribution in [0.3, 0.4) is 0 Å². The molecule has 0 spiro atoms. The molecule has 0 fully saturated rings. The van der Waals surface area contributed by atoms with Crippen molar-refractivity contribution in [1.29, 1.82) is 0 Å². The van der Waals surface area contributed by atoms with Crippen LogP contribution in [-0.2, 0) is 4.79 Å². The first-order valence-corrected chi connectivity index (χ1v) is 6.06. The van der Waals surface area contributed by atoms with Crippen LogP contribution < -0.4 is 5.32 Å². The van der Waals surface area contributed by atoms with Gasteiger partial charge in [-0.3, -0.25) is 4.79 Å². The summed E-state index contributed by atoms with van der Waals surface area (Å²) in [6.45, 7) is 0. The maximum absolute atomic E-state index is 13.1. The Hall–Kier alpha value is -2.89. The van der Waals surface area contributed by atoms with E-state index in [1.807, 2.05) is 0 Å². The molecule has 0 saturated carbocycles. The second-order valence-electron chi connectivity index (χ2n) is 4.32. The topological polar surface area (TPSA) is 86.6 Å². The summed E-state index contributed by atoms with van der Waals surface area (Å²) in [5.74, 6) is -3.26. The van der Waals surface area contributed by atoms with Crippen molar-refractivity contribution in [2.75, 3.05) is 0 Å². The lowest BCUT2D eigenvalue weighted by atomic mass is 10.1. The molecule has 5 nitrogen and oxygen atoms in total. The molecule has 2 aromatic carbocycles. The molecule has 0 unspecified atom stereocenters. The Morgan fingerprint density at radius 2 is 1.76 bits per heavy atom. The SMILES string of the molecule is O=C(N[C@H](C(=O)O)c1ccccc1)c1cc(F)ccc1O. The molecule has 0 heterocycles. The molecular formula is C15H12FNO4. The maximum Gasteiger partial charge on any atom is 0.330 e. The van der Waals surface area contributed by atoms with Gasteiger partial charge in [-0.15, -0.1) is 0 Å². The first-order chi connectivity index (χ1) is 9.99. The average molecular weight is 289 g/mol. The van der Waals surface area contributed by atoms with E-state index >= 15 is 0 Å². The van der Waals surface area contributed by atoms with E-state index in [4.69, 9.17) is 0 Å². The van der Waals surface area contributed by atoms with E-state index in [-0.39, 0.29) is 5.56 Å². The number of carboxylic acid groups (broad SMARTS) is 1. The molecule has 0 bridgehead atoms. The third-order valence-electron chi connectivity index (χ3n) is 2.86. The molecular weight excluding hydrogens is 277 g/mol. The van der Waals surface area contributed by atoms with E-state index in [0.29, 0.717) is 5.56 Å². The maximum atomic E-state index is 13.1. The van der Waals surface area contributed by atoms with Gasteiger partial charge in [-0.25, -0.2) is 9.18 Å². The highest BCUT2D eigenvalue weighted by Crippen LogP contribution is 2.20. The van der Waals surface area contributed by atoms with Crippen molar-refractivity contribution in [3.63, 3.8) is 0 Å². The van der Waals surface area contributed by atoms with Crippen LogP contribution in [0.4, 0.5) is 4.39 Å². The fourth-order valence-corrected chi connectivity index (χ4v) is 1.83. The van der Waals surface area contributed by atoms with Crippen molar-refractivity contribution in [2.45, 2.75) is 6.04 Å². The van der Waals surface area contributed by atoms with E-state index in [1.54, 1.807) is 30.3 Å². The zero-order chi connectivity index (χ0) is 15.4. The number of hydrogen-bond acceptors (Lipinski definition) is 3. The fourth-order valence-electron chi connectivity index (χ4n) is 1.83. The van der Waals surface area contributed by atoms with Gasteiger partial charge >= 0.3 is 5.97 Å². The minimum atomic E-state index is -1.29. The Morgan fingerprint density at radius 3 is 2.38 bits per heavy atom. The molecule has 0 aliphatic carbocycles. The summed E-state index contributed by atoms with van der Waals surface area (Å²) < 4.78 is 13.1. The lowest BCUT2D eigenvalue weighted by molar-refractivity contribution is -0.139. The van der Waals surface area contributed by atoms with Crippen LogP contribution in [-0.4, -0.2) is 22.1 Å². The normalized spacial score (nSPS) is 11.7. The van der Waals surface area contributed by atoms with Crippen molar-refractivity contribution in [3.05, 3.63) is 65.5 Å². The first-order valence-electron chi connectivity index (χ1n) is 6.06. The highest BCUT2D eigenvalue weighted by molar-refractivity contribution is 5.99. The second-order valence-corrected chi connectivity index (χ2v) is 4.32. The Bertz CT molecular complexity index is 673. The third kappa shape index (κ3) is 3.36. The molecule has 1 amide bonds. The van der Waals surface area contributed by atoms with Gasteiger partial charge in [-0.1, -0.05) is 30.3 Å². The number of phenolic OH excluding ortho intramolecular Hbond substituents is 1. The van der Waals surface area contributed by atoms with E-state index < -0.39 is 29.5 Å². The molecule has 0 saturated heterocycles. The quantitative estimate of drug-likeness (QED) is 0.804. The number of rotatable bonds is 4. The van der Waals surface area contributed by atoms with Gasteiger partial charge < -0.3 is 15.5 Å². The Morgan fingerprint density at radius 1 is 1.10 bits per heavy atom. The summed E-state index contributed by atoms with van der Waals surface area (Å²) in [5.41, 5.74) is 0.0476. The second kappa shape index (κ2) is 6.04. The van der Waals surface area contributed by atoms with Gasteiger partial charge in [0.15, 0.2) is 6.04 Å². The predicted octanol–water partition coefficient (Wildman–Crippen LogP) is 2.09. The molecule has 3 N–H and O–H groups in total. The van der Waals surface area contributed by atoms with E-state index in [2.05, 4.69) is 5.32 Å². The molecule has 0 radical (unpaired) electrons. The van der Waals surface area contributed by atoms with Gasteiger partial charge in [0.1, 0.15) is 11.6 Å². The summed E-state index contributed by atoms with van der Waals surface area (Å²) in [5, 5.41) is 21.0. The highest BCUT2D eigenvalue weighted by Gasteiger charge is 2.23. The molecule has 6 heteroatoms. The van der Waals surface area contributed by atoms with Gasteiger partial charge in [0.2, 0.25) is 0 Å². The monoisotopic (exact) mass is 289 g/mol. The number of halogens is 1. The molecule has 1 atom stereocenters. The number of phenols is 1. The Labute approximate surface area is 119 Å². The number of benzene rings is 2. The van der Waals surface area contributed by atoms with Crippen molar-refractivity contribution in [2.24, 2.45) is 0 Å². The van der Waals surface area contributed by atoms with E-state index in [1.165, 1.54) is 0 Å². The lowest BCUT2D eigenvalue weighted by Gasteiger charge is -2.15. The number of aliphatic carboxylic acids is 1. The largest absolute Gasteiger partial charge is 0.507 e. The molecule has 0 aromatic heterocycles. The Balaban J connectivity index is 2.27. The minimum absolute atomic E-state index is 0.322. The van der Waals surface area contributed by atoms with Crippen molar-refractivity contribution in [1.82, 2.24) is 5.32 Å². The molecule has 21 heavy (non-hydrogen) atoms. The zero-order valence-electron chi connectivity index (χ0n) is 10.8. The van der Waals surface area contributed by atoms with Crippen LogP contribution in [0, 0.1) is 5.82 Å². The average Bonchev–Trinajstić information content (AvgIpc) is 2.47. The molecule has 0 aliphatic rings. The first kappa shape index (κ1) is 14.5. The molecule has 0 aliphatic heterocycles. The Kier molecular flexibility index (Phi) is 4.18. The summed E-state index contributed by atoms with van der Waals surface area (Å²) in [7, 11) is 0. The summed E-state index contributed by atoms with van der Waals surface area (Å²) in [4.78, 5) is 23.3. The summed E-state index contributed by atoms with van der Waals surface area (Å²) in [6.07, 6.45) is 0. The number of carbonyl (C=O) groups excluding carboxylic acids is 1. The zero-order valence-corrected chi connectivity index (χ0v) is 10.8. The number of hydrogen-bond donors (Lipinski definition) is 3. The molecule has 2 rings (SSSR count). The smallest absolute Gasteiger partial charge is 0.330 e. The summed E-state index contributed by atoms with van der Waals surface area (Å²) >= 11 is 0. The van der Waals surface area contributed by atoms with Crippen LogP contribution in [0.5, 0.6) is 5.75 Å². The summed E-state index contributed by atoms with van der Waals surface area (Å²) in [6, 6.07) is 9.65. The van der Waals surface area contributed by atoms with E-state index in [9.17, 15) is 24.2 Å². The van der Waals surface area contributed by atoms with Crippen LogP contribution >= 0.6 is 0 Å². The number of aromatic hydroxyl groups is 1. The van der Waals surface area contributed by atoms with Gasteiger partial charge in [-0.2, -0.15) is 0 Å². The predicted molar refractivity (Wildman–Crippen MR) is 72.3 cm³/mol. The molecule has 108 valence electrons. The lowest BCUT2D eigenvalue weighted by Crippen LogP contribution is -2.33. The molecule has 2 aromatic rings. The highest BCUT2D eigenvalue weighted by atomic mass is 19.1. The van der Waals surface area contributed by atoms with Crippen LogP contribution in [0.2, 0.25) is 0 Å². The number of amides is 1. The standard InChI is InChI=1S/C15H12FNO4/c16-10-6-7-12(18)11(8-10)14(19)17-13(15(20)21)9-4-2-1-3-5-9/h1-8,13,18H,(H,17,19)(H,20,21)/t13-/m0/s1. The van der Waals surface area contributed by atoms with Crippen LogP contribution in [0.1, 0.15) is 22.0 Å². The van der Waals surface area contributed by atoms with Gasteiger partial charge in [0, 0.05) is 0 Å². The van der Waals surface area contributed by atoms with E-state index in [0.717, 1.165) is 18.2 Å². The van der Waals surface area contributed by atoms with Gasteiger partial charge in [0.25, 0.3) is 5.91 Å². The third-order valence-corrected chi connectivity index (χ3v) is 2.86. The fraction of sp³-hybridized carbons (Fsp3) is 0.0667. The van der Waals surface area contributed by atoms with Gasteiger partial charge in [0.05, 0.1) is 5.56 Å². The van der Waals surface area contributed by atoms with Crippen LogP contribution in [0.25, 0.3) is 0 Å². The van der Waals surface area contributed by atoms with Crippen molar-refractivity contribution in [3.8, 4) is 5.75 Å². The van der Waals surface area contributed by atoms with Gasteiger partial charge in [-0.05, 0) is 23.8 Å². The number of carboxylic acids is 1. The number of nitrogens with one attached hydrogen (secondary N) is 1. The number of carbonyl (C=O) groups is 2.